The Hall–Kier alpha value is -3.44. The van der Waals surface area contributed by atoms with Gasteiger partial charge in [-0.25, -0.2) is 12.8 Å². The first-order chi connectivity index (χ1) is 18.0. The Morgan fingerprint density at radius 1 is 0.974 bits per heavy atom. The summed E-state index contributed by atoms with van der Waals surface area (Å²) >= 11 is 0. The van der Waals surface area contributed by atoms with E-state index < -0.39 is 39.5 Å². The number of nitrogens with one attached hydrogen (secondary N) is 1. The highest BCUT2D eigenvalue weighted by Crippen LogP contribution is 2.50. The van der Waals surface area contributed by atoms with Gasteiger partial charge in [0.05, 0.1) is 10.5 Å². The van der Waals surface area contributed by atoms with Gasteiger partial charge in [-0.1, -0.05) is 24.3 Å². The van der Waals surface area contributed by atoms with Gasteiger partial charge in [-0.3, -0.25) is 4.79 Å². The molecule has 3 aromatic carbocycles. The molecule has 1 aliphatic heterocycles. The number of piperidine rings is 1. The lowest BCUT2D eigenvalue weighted by molar-refractivity contribution is -0.137. The van der Waals surface area contributed by atoms with Gasteiger partial charge in [-0.2, -0.15) is 17.5 Å². The van der Waals surface area contributed by atoms with Crippen molar-refractivity contribution in [2.75, 3.05) is 0 Å². The molecule has 1 N–H and O–H groups in total. The maximum Gasteiger partial charge on any atom is 0.416 e. The number of alkyl halides is 3. The number of carbonyl (C=O) groups excluding carboxylic acids is 1. The van der Waals surface area contributed by atoms with Crippen molar-refractivity contribution >= 4 is 15.9 Å². The van der Waals surface area contributed by atoms with Crippen molar-refractivity contribution in [3.05, 3.63) is 95.3 Å². The Morgan fingerprint density at radius 3 is 2.37 bits per heavy atom. The molecular formula is C27H24F4N2O4S. The number of benzene rings is 3. The average molecular weight is 549 g/mol. The largest absolute Gasteiger partial charge is 0.489 e. The highest BCUT2D eigenvalue weighted by molar-refractivity contribution is 7.89. The van der Waals surface area contributed by atoms with Crippen LogP contribution >= 0.6 is 0 Å². The van der Waals surface area contributed by atoms with E-state index >= 15 is 0 Å². The van der Waals surface area contributed by atoms with E-state index in [1.54, 1.807) is 24.3 Å². The molecule has 200 valence electrons. The zero-order chi connectivity index (χ0) is 27.1. The second kappa shape index (κ2) is 10.0. The number of nitrogens with zero attached hydrogens (tertiary/aromatic N) is 1. The number of carbonyl (C=O) groups is 1. The van der Waals surface area contributed by atoms with Crippen molar-refractivity contribution in [2.24, 2.45) is 5.92 Å². The summed E-state index contributed by atoms with van der Waals surface area (Å²) in [4.78, 5) is 13.0. The van der Waals surface area contributed by atoms with E-state index in [9.17, 15) is 30.8 Å². The molecular weight excluding hydrogens is 524 g/mol. The molecule has 1 saturated heterocycles. The minimum absolute atomic E-state index is 0.0536. The Balaban J connectivity index is 1.20. The van der Waals surface area contributed by atoms with E-state index in [0.717, 1.165) is 24.3 Å². The minimum atomic E-state index is -4.40. The highest BCUT2D eigenvalue weighted by Gasteiger charge is 2.58. The zero-order valence-corrected chi connectivity index (χ0v) is 20.8. The zero-order valence-electron chi connectivity index (χ0n) is 20.0. The standard InChI is InChI=1S/C27H24F4N2O4S/c28-21-8-10-23(11-9-21)38(35,36)33-24-13-19(24)14-25(33)26(34)32-15-18-2-1-3-22(12-18)37-16-17-4-6-20(7-5-17)27(29,30)31/h1-12,19,24-25H,13-16H2,(H,32,34)/t19-,24-,25-/m0/s1. The summed E-state index contributed by atoms with van der Waals surface area (Å²) in [7, 11) is -3.97. The molecule has 0 bridgehead atoms. The van der Waals surface area contributed by atoms with Crippen molar-refractivity contribution in [2.45, 2.75) is 49.1 Å². The predicted molar refractivity (Wildman–Crippen MR) is 130 cm³/mol. The summed E-state index contributed by atoms with van der Waals surface area (Å²) in [6, 6.07) is 15.0. The van der Waals surface area contributed by atoms with Gasteiger partial charge in [0.15, 0.2) is 0 Å². The fraction of sp³-hybridized carbons (Fsp3) is 0.296. The quantitative estimate of drug-likeness (QED) is 0.407. The molecule has 11 heteroatoms. The fourth-order valence-electron chi connectivity index (χ4n) is 4.72. The molecule has 1 saturated carbocycles. The number of ether oxygens (including phenoxy) is 1. The third-order valence-corrected chi connectivity index (χ3v) is 8.74. The van der Waals surface area contributed by atoms with Crippen LogP contribution in [0.1, 0.15) is 29.5 Å². The molecule has 1 heterocycles. The first-order valence-corrected chi connectivity index (χ1v) is 13.4. The minimum Gasteiger partial charge on any atom is -0.489 e. The van der Waals surface area contributed by atoms with Crippen LogP contribution in [0.5, 0.6) is 5.75 Å². The van der Waals surface area contributed by atoms with Gasteiger partial charge < -0.3 is 10.1 Å². The Labute approximate surface area is 217 Å². The summed E-state index contributed by atoms with van der Waals surface area (Å²) in [5.41, 5.74) is 0.543. The number of hydrogen-bond acceptors (Lipinski definition) is 4. The van der Waals surface area contributed by atoms with Gasteiger partial charge in [0.1, 0.15) is 24.2 Å². The van der Waals surface area contributed by atoms with Crippen LogP contribution < -0.4 is 10.1 Å². The monoisotopic (exact) mass is 548 g/mol. The molecule has 1 aliphatic carbocycles. The van der Waals surface area contributed by atoms with Crippen LogP contribution in [0, 0.1) is 11.7 Å². The summed E-state index contributed by atoms with van der Waals surface area (Å²) in [5.74, 6) is -0.365. The van der Waals surface area contributed by atoms with Crippen LogP contribution in [0.3, 0.4) is 0 Å². The van der Waals surface area contributed by atoms with Crippen LogP contribution in [0.2, 0.25) is 0 Å². The molecule has 3 atom stereocenters. The van der Waals surface area contributed by atoms with E-state index in [1.165, 1.54) is 28.6 Å². The van der Waals surface area contributed by atoms with Crippen molar-refractivity contribution in [3.63, 3.8) is 0 Å². The van der Waals surface area contributed by atoms with Gasteiger partial charge in [0, 0.05) is 12.6 Å². The first-order valence-electron chi connectivity index (χ1n) is 12.0. The summed E-state index contributed by atoms with van der Waals surface area (Å²) in [6.45, 7) is 0.196. The number of sulfonamides is 1. The topological polar surface area (TPSA) is 75.7 Å². The van der Waals surface area contributed by atoms with Gasteiger partial charge in [0.25, 0.3) is 0 Å². The first kappa shape index (κ1) is 26.2. The Bertz CT molecular complexity index is 1430. The van der Waals surface area contributed by atoms with Gasteiger partial charge in [-0.15, -0.1) is 0 Å². The number of fused-ring (bicyclic) bond motifs is 1. The highest BCUT2D eigenvalue weighted by atomic mass is 32.2. The second-order valence-electron chi connectivity index (χ2n) is 9.45. The van der Waals surface area contributed by atoms with Crippen molar-refractivity contribution < 1.29 is 35.5 Å². The maximum atomic E-state index is 13.3. The summed E-state index contributed by atoms with van der Waals surface area (Å²) in [5, 5.41) is 2.80. The second-order valence-corrected chi connectivity index (χ2v) is 11.3. The lowest BCUT2D eigenvalue weighted by Gasteiger charge is -2.26. The van der Waals surface area contributed by atoms with Crippen molar-refractivity contribution in [1.29, 1.82) is 0 Å². The molecule has 1 amide bonds. The van der Waals surface area contributed by atoms with Crippen LogP contribution in [-0.2, 0) is 34.1 Å². The van der Waals surface area contributed by atoms with Crippen LogP contribution in [0.4, 0.5) is 17.6 Å². The van der Waals surface area contributed by atoms with Crippen molar-refractivity contribution in [3.8, 4) is 5.75 Å². The number of amides is 1. The van der Waals surface area contributed by atoms with E-state index in [2.05, 4.69) is 5.32 Å². The summed E-state index contributed by atoms with van der Waals surface area (Å²) in [6.07, 6.45) is -3.28. The SMILES string of the molecule is O=C(NCc1cccc(OCc2ccc(C(F)(F)F)cc2)c1)[C@@H]1C[C@@H]2C[C@@H]2N1S(=O)(=O)c1ccc(F)cc1. The van der Waals surface area contributed by atoms with E-state index in [-0.39, 0.29) is 30.0 Å². The molecule has 5 rings (SSSR count). The molecule has 2 aliphatic rings. The molecule has 6 nitrogen and oxygen atoms in total. The van der Waals surface area contributed by atoms with E-state index in [0.29, 0.717) is 29.7 Å². The normalized spacial score (nSPS) is 21.1. The van der Waals surface area contributed by atoms with E-state index in [4.69, 9.17) is 4.74 Å². The maximum absolute atomic E-state index is 13.3. The number of hydrogen-bond donors (Lipinski definition) is 1. The molecule has 0 spiro atoms. The smallest absolute Gasteiger partial charge is 0.416 e. The van der Waals surface area contributed by atoms with Crippen molar-refractivity contribution in [1.82, 2.24) is 9.62 Å². The molecule has 38 heavy (non-hydrogen) atoms. The van der Waals surface area contributed by atoms with Crippen LogP contribution in [0.15, 0.2) is 77.7 Å². The number of rotatable bonds is 8. The molecule has 2 fully saturated rings. The third-order valence-electron chi connectivity index (χ3n) is 6.79. The Morgan fingerprint density at radius 2 is 1.68 bits per heavy atom. The van der Waals surface area contributed by atoms with Crippen LogP contribution in [0.25, 0.3) is 0 Å². The Kier molecular flexibility index (Phi) is 6.91. The van der Waals surface area contributed by atoms with Gasteiger partial charge >= 0.3 is 6.18 Å². The van der Waals surface area contributed by atoms with Gasteiger partial charge in [-0.05, 0) is 78.4 Å². The number of halogens is 4. The molecule has 0 aromatic heterocycles. The summed E-state index contributed by atoms with van der Waals surface area (Å²) < 4.78 is 84.9. The molecule has 0 radical (unpaired) electrons. The van der Waals surface area contributed by atoms with Gasteiger partial charge in [0.2, 0.25) is 15.9 Å². The third kappa shape index (κ3) is 5.53. The lowest BCUT2D eigenvalue weighted by atomic mass is 10.1. The average Bonchev–Trinajstić information content (AvgIpc) is 3.54. The van der Waals surface area contributed by atoms with E-state index in [1.807, 2.05) is 0 Å². The fourth-order valence-corrected chi connectivity index (χ4v) is 6.58. The van der Waals surface area contributed by atoms with Crippen LogP contribution in [-0.4, -0.2) is 30.7 Å². The molecule has 3 aromatic rings. The predicted octanol–water partition coefficient (Wildman–Crippen LogP) is 4.89. The lowest BCUT2D eigenvalue weighted by Crippen LogP contribution is -2.47. The molecule has 0 unspecified atom stereocenters.